The SMILES string of the molecule is CSc1cc(=O)c2cc(C)ccc2[nH]1. The van der Waals surface area contributed by atoms with Crippen molar-refractivity contribution in [2.24, 2.45) is 0 Å². The van der Waals surface area contributed by atoms with Crippen LogP contribution >= 0.6 is 11.8 Å². The molecule has 3 heteroatoms. The minimum absolute atomic E-state index is 0.0896. The van der Waals surface area contributed by atoms with E-state index >= 15 is 0 Å². The average molecular weight is 205 g/mol. The molecule has 0 aliphatic heterocycles. The van der Waals surface area contributed by atoms with Gasteiger partial charge in [0, 0.05) is 11.5 Å². The van der Waals surface area contributed by atoms with E-state index in [2.05, 4.69) is 4.98 Å². The summed E-state index contributed by atoms with van der Waals surface area (Å²) in [6.07, 6.45) is 1.95. The van der Waals surface area contributed by atoms with Crippen LogP contribution < -0.4 is 5.43 Å². The summed E-state index contributed by atoms with van der Waals surface area (Å²) < 4.78 is 0. The molecule has 0 saturated heterocycles. The van der Waals surface area contributed by atoms with E-state index in [1.807, 2.05) is 31.4 Å². The van der Waals surface area contributed by atoms with E-state index in [0.29, 0.717) is 0 Å². The first-order valence-corrected chi connectivity index (χ1v) is 5.61. The van der Waals surface area contributed by atoms with Gasteiger partial charge in [0.1, 0.15) is 0 Å². The van der Waals surface area contributed by atoms with Gasteiger partial charge in [0.15, 0.2) is 5.43 Å². The predicted molar refractivity (Wildman–Crippen MR) is 61.1 cm³/mol. The highest BCUT2D eigenvalue weighted by atomic mass is 32.2. The monoisotopic (exact) mass is 205 g/mol. The van der Waals surface area contributed by atoms with Crippen molar-refractivity contribution in [1.29, 1.82) is 0 Å². The maximum Gasteiger partial charge on any atom is 0.190 e. The Hall–Kier alpha value is -1.22. The molecule has 0 radical (unpaired) electrons. The Bertz CT molecular complexity index is 530. The summed E-state index contributed by atoms with van der Waals surface area (Å²) in [4.78, 5) is 14.9. The van der Waals surface area contributed by atoms with Crippen molar-refractivity contribution in [2.45, 2.75) is 11.9 Å². The molecule has 72 valence electrons. The van der Waals surface area contributed by atoms with Gasteiger partial charge >= 0.3 is 0 Å². The van der Waals surface area contributed by atoms with Crippen LogP contribution in [-0.2, 0) is 0 Å². The molecule has 1 aromatic carbocycles. The van der Waals surface area contributed by atoms with Crippen LogP contribution in [0.4, 0.5) is 0 Å². The normalized spacial score (nSPS) is 10.7. The van der Waals surface area contributed by atoms with Crippen LogP contribution in [0.25, 0.3) is 10.9 Å². The minimum atomic E-state index is 0.0896. The van der Waals surface area contributed by atoms with E-state index in [4.69, 9.17) is 0 Å². The fourth-order valence-electron chi connectivity index (χ4n) is 1.45. The summed E-state index contributed by atoms with van der Waals surface area (Å²) in [6, 6.07) is 7.51. The molecule has 2 rings (SSSR count). The van der Waals surface area contributed by atoms with Crippen molar-refractivity contribution in [3.05, 3.63) is 40.1 Å². The number of aromatic amines is 1. The Labute approximate surface area is 86.3 Å². The van der Waals surface area contributed by atoms with Gasteiger partial charge in [0.2, 0.25) is 0 Å². The van der Waals surface area contributed by atoms with Crippen LogP contribution in [0, 0.1) is 6.92 Å². The van der Waals surface area contributed by atoms with Crippen LogP contribution in [0.1, 0.15) is 5.56 Å². The molecule has 1 aromatic heterocycles. The van der Waals surface area contributed by atoms with Crippen LogP contribution in [0.2, 0.25) is 0 Å². The van der Waals surface area contributed by atoms with Crippen LogP contribution in [0.15, 0.2) is 34.1 Å². The zero-order valence-electron chi connectivity index (χ0n) is 8.13. The van der Waals surface area contributed by atoms with Gasteiger partial charge in [-0.05, 0) is 25.3 Å². The van der Waals surface area contributed by atoms with Crippen molar-refractivity contribution >= 4 is 22.7 Å². The minimum Gasteiger partial charge on any atom is -0.350 e. The third kappa shape index (κ3) is 1.55. The fraction of sp³-hybridized carbons (Fsp3) is 0.182. The summed E-state index contributed by atoms with van der Waals surface area (Å²) in [5, 5.41) is 1.68. The molecule has 2 aromatic rings. The zero-order valence-corrected chi connectivity index (χ0v) is 8.94. The molecule has 0 aliphatic carbocycles. The van der Waals surface area contributed by atoms with E-state index in [-0.39, 0.29) is 5.43 Å². The third-order valence-corrected chi connectivity index (χ3v) is 2.84. The van der Waals surface area contributed by atoms with Gasteiger partial charge in [-0.3, -0.25) is 4.79 Å². The quantitative estimate of drug-likeness (QED) is 0.726. The number of hydrogen-bond donors (Lipinski definition) is 1. The van der Waals surface area contributed by atoms with Gasteiger partial charge < -0.3 is 4.98 Å². The van der Waals surface area contributed by atoms with Crippen LogP contribution in [0.5, 0.6) is 0 Å². The van der Waals surface area contributed by atoms with Gasteiger partial charge in [-0.2, -0.15) is 0 Å². The average Bonchev–Trinajstić information content (AvgIpc) is 2.19. The van der Waals surface area contributed by atoms with Crippen LogP contribution in [0.3, 0.4) is 0 Å². The standard InChI is InChI=1S/C11H11NOS/c1-7-3-4-9-8(5-7)10(13)6-11(12-9)14-2/h3-6H,1-2H3,(H,12,13). The second-order valence-electron chi connectivity index (χ2n) is 3.25. The number of aromatic nitrogens is 1. The molecule has 1 heterocycles. The Morgan fingerprint density at radius 1 is 1.29 bits per heavy atom. The van der Waals surface area contributed by atoms with Crippen LogP contribution in [-0.4, -0.2) is 11.2 Å². The lowest BCUT2D eigenvalue weighted by Gasteiger charge is -2.01. The summed E-state index contributed by atoms with van der Waals surface area (Å²) >= 11 is 1.55. The van der Waals surface area contributed by atoms with E-state index in [1.165, 1.54) is 0 Å². The number of hydrogen-bond acceptors (Lipinski definition) is 2. The number of nitrogens with one attached hydrogen (secondary N) is 1. The maximum atomic E-state index is 11.7. The lowest BCUT2D eigenvalue weighted by atomic mass is 10.1. The van der Waals surface area contributed by atoms with Gasteiger partial charge in [-0.1, -0.05) is 11.6 Å². The number of H-pyrrole nitrogens is 1. The molecular weight excluding hydrogens is 194 g/mol. The highest BCUT2D eigenvalue weighted by molar-refractivity contribution is 7.98. The van der Waals surface area contributed by atoms with Crippen molar-refractivity contribution in [3.8, 4) is 0 Å². The predicted octanol–water partition coefficient (Wildman–Crippen LogP) is 2.56. The summed E-state index contributed by atoms with van der Waals surface area (Å²) in [7, 11) is 0. The van der Waals surface area contributed by atoms with E-state index in [9.17, 15) is 4.79 Å². The second kappa shape index (κ2) is 3.50. The zero-order chi connectivity index (χ0) is 10.1. The Morgan fingerprint density at radius 3 is 2.79 bits per heavy atom. The topological polar surface area (TPSA) is 32.9 Å². The lowest BCUT2D eigenvalue weighted by molar-refractivity contribution is 1.18. The first-order chi connectivity index (χ1) is 6.70. The molecule has 0 unspecified atom stereocenters. The molecule has 0 aliphatic rings. The number of rotatable bonds is 1. The van der Waals surface area contributed by atoms with Crippen molar-refractivity contribution in [2.75, 3.05) is 6.26 Å². The molecule has 14 heavy (non-hydrogen) atoms. The number of aryl methyl sites for hydroxylation is 1. The Morgan fingerprint density at radius 2 is 2.07 bits per heavy atom. The van der Waals surface area contributed by atoms with E-state index in [0.717, 1.165) is 21.5 Å². The molecular formula is C11H11NOS. The van der Waals surface area contributed by atoms with Crippen molar-refractivity contribution in [1.82, 2.24) is 4.98 Å². The molecule has 0 atom stereocenters. The number of pyridine rings is 1. The number of fused-ring (bicyclic) bond motifs is 1. The van der Waals surface area contributed by atoms with Gasteiger partial charge in [0.05, 0.1) is 10.5 Å². The Kier molecular flexibility index (Phi) is 2.33. The second-order valence-corrected chi connectivity index (χ2v) is 4.10. The number of thioether (sulfide) groups is 1. The van der Waals surface area contributed by atoms with Gasteiger partial charge in [-0.15, -0.1) is 11.8 Å². The molecule has 0 amide bonds. The van der Waals surface area contributed by atoms with E-state index in [1.54, 1.807) is 17.8 Å². The Balaban J connectivity index is 2.83. The largest absolute Gasteiger partial charge is 0.350 e. The van der Waals surface area contributed by atoms with Gasteiger partial charge in [0.25, 0.3) is 0 Å². The molecule has 0 spiro atoms. The van der Waals surface area contributed by atoms with E-state index < -0.39 is 0 Å². The smallest absolute Gasteiger partial charge is 0.190 e. The van der Waals surface area contributed by atoms with Crippen molar-refractivity contribution < 1.29 is 0 Å². The summed E-state index contributed by atoms with van der Waals surface area (Å²) in [5.41, 5.74) is 2.11. The highest BCUT2D eigenvalue weighted by Gasteiger charge is 2.00. The molecule has 0 bridgehead atoms. The maximum absolute atomic E-state index is 11.7. The third-order valence-electron chi connectivity index (χ3n) is 2.18. The lowest BCUT2D eigenvalue weighted by Crippen LogP contribution is -2.02. The van der Waals surface area contributed by atoms with Crippen molar-refractivity contribution in [3.63, 3.8) is 0 Å². The summed E-state index contributed by atoms with van der Waals surface area (Å²) in [5.74, 6) is 0. The number of benzene rings is 1. The molecule has 1 N–H and O–H groups in total. The molecule has 2 nitrogen and oxygen atoms in total. The highest BCUT2D eigenvalue weighted by Crippen LogP contribution is 2.15. The molecule has 0 fully saturated rings. The summed E-state index contributed by atoms with van der Waals surface area (Å²) in [6.45, 7) is 1.99. The first-order valence-electron chi connectivity index (χ1n) is 4.38. The molecule has 0 saturated carbocycles. The van der Waals surface area contributed by atoms with Gasteiger partial charge in [-0.25, -0.2) is 0 Å². The fourth-order valence-corrected chi connectivity index (χ4v) is 1.88. The first kappa shape index (κ1) is 9.34.